The number of aromatic nitrogens is 2. The van der Waals surface area contributed by atoms with Crippen molar-refractivity contribution in [1.82, 2.24) is 24.5 Å². The number of nitrogens with one attached hydrogen (secondary N) is 2. The van der Waals surface area contributed by atoms with E-state index in [-0.39, 0.29) is 42.4 Å². The van der Waals surface area contributed by atoms with Gasteiger partial charge >= 0.3 is 0 Å². The van der Waals surface area contributed by atoms with Crippen LogP contribution in [0.2, 0.25) is 0 Å². The minimum Gasteiger partial charge on any atom is -0.358 e. The van der Waals surface area contributed by atoms with E-state index in [0.29, 0.717) is 24.7 Å². The number of piperazine rings is 1. The fourth-order valence-electron chi connectivity index (χ4n) is 4.74. The molecular weight excluding hydrogens is 483 g/mol. The highest BCUT2D eigenvalue weighted by Crippen LogP contribution is 2.26. The highest BCUT2D eigenvalue weighted by molar-refractivity contribution is 7.89. The van der Waals surface area contributed by atoms with E-state index in [1.54, 1.807) is 0 Å². The van der Waals surface area contributed by atoms with E-state index in [4.69, 9.17) is 9.97 Å². The zero-order valence-electron chi connectivity index (χ0n) is 20.2. The predicted octanol–water partition coefficient (Wildman–Crippen LogP) is 2.21. The molecule has 5 rings (SSSR count). The number of amides is 1. The van der Waals surface area contributed by atoms with Crippen LogP contribution in [0.4, 0.5) is 10.2 Å². The lowest BCUT2D eigenvalue weighted by Gasteiger charge is -2.40. The molecule has 0 aliphatic carbocycles. The average molecular weight is 513 g/mol. The fourth-order valence-corrected chi connectivity index (χ4v) is 6.21. The summed E-state index contributed by atoms with van der Waals surface area (Å²) >= 11 is 0. The van der Waals surface area contributed by atoms with E-state index in [1.807, 2.05) is 38.1 Å². The molecule has 190 valence electrons. The van der Waals surface area contributed by atoms with Crippen LogP contribution in [0.15, 0.2) is 53.4 Å². The first-order valence-electron chi connectivity index (χ1n) is 12.0. The van der Waals surface area contributed by atoms with E-state index in [1.165, 1.54) is 16.4 Å². The lowest BCUT2D eigenvalue weighted by atomic mass is 10.0. The molecule has 3 aromatic rings. The van der Waals surface area contributed by atoms with Crippen LogP contribution in [0.3, 0.4) is 0 Å². The molecule has 1 aromatic heterocycles. The summed E-state index contributed by atoms with van der Waals surface area (Å²) in [6.45, 7) is 5.49. The van der Waals surface area contributed by atoms with Gasteiger partial charge in [-0.05, 0) is 42.3 Å². The zero-order valence-corrected chi connectivity index (χ0v) is 21.0. The van der Waals surface area contributed by atoms with Crippen LogP contribution in [0, 0.1) is 11.7 Å². The van der Waals surface area contributed by atoms with E-state index in [9.17, 15) is 17.6 Å². The Kier molecular flexibility index (Phi) is 6.62. The van der Waals surface area contributed by atoms with Crippen LogP contribution < -0.4 is 10.6 Å². The van der Waals surface area contributed by atoms with Gasteiger partial charge in [-0.2, -0.15) is 4.31 Å². The van der Waals surface area contributed by atoms with Gasteiger partial charge in [-0.25, -0.2) is 22.8 Å². The molecule has 0 radical (unpaired) electrons. The second kappa shape index (κ2) is 9.72. The molecule has 3 heterocycles. The Hall–Kier alpha value is -3.15. The lowest BCUT2D eigenvalue weighted by Crippen LogP contribution is -2.58. The van der Waals surface area contributed by atoms with Crippen LogP contribution in [0.5, 0.6) is 0 Å². The summed E-state index contributed by atoms with van der Waals surface area (Å²) in [5.74, 6) is 0.539. The van der Waals surface area contributed by atoms with E-state index in [0.717, 1.165) is 23.0 Å². The Morgan fingerprint density at radius 2 is 1.81 bits per heavy atom. The van der Waals surface area contributed by atoms with Crippen molar-refractivity contribution in [2.24, 2.45) is 5.92 Å². The normalized spacial score (nSPS) is 21.9. The van der Waals surface area contributed by atoms with Crippen molar-refractivity contribution in [3.05, 3.63) is 60.2 Å². The summed E-state index contributed by atoms with van der Waals surface area (Å²) in [5.41, 5.74) is 0.779. The molecule has 2 aliphatic heterocycles. The smallest absolute Gasteiger partial charge is 0.243 e. The van der Waals surface area contributed by atoms with Crippen molar-refractivity contribution >= 4 is 32.7 Å². The van der Waals surface area contributed by atoms with Crippen LogP contribution >= 0.6 is 0 Å². The number of carbonyl (C=O) groups is 1. The van der Waals surface area contributed by atoms with Gasteiger partial charge in [-0.15, -0.1) is 0 Å². The summed E-state index contributed by atoms with van der Waals surface area (Å²) in [7, 11) is -3.81. The third kappa shape index (κ3) is 4.78. The fraction of sp³-hybridized carbons (Fsp3) is 0.400. The molecule has 2 bridgehead atoms. The molecule has 0 saturated carbocycles. The number of nitrogens with zero attached hydrogens (tertiary/aromatic N) is 4. The summed E-state index contributed by atoms with van der Waals surface area (Å²) in [5, 5.41) is 7.19. The van der Waals surface area contributed by atoms with Gasteiger partial charge in [-0.3, -0.25) is 9.69 Å². The first-order valence-corrected chi connectivity index (χ1v) is 13.5. The highest BCUT2D eigenvalue weighted by atomic mass is 32.2. The number of para-hydroxylation sites is 1. The number of carbonyl (C=O) groups excluding carboxylic acids is 1. The minimum atomic E-state index is -3.81. The third-order valence-corrected chi connectivity index (χ3v) is 8.65. The van der Waals surface area contributed by atoms with Gasteiger partial charge in [0, 0.05) is 37.6 Å². The molecular formula is C25H29FN6O3S. The Balaban J connectivity index is 1.48. The maximum Gasteiger partial charge on any atom is 0.243 e. The quantitative estimate of drug-likeness (QED) is 0.554. The number of hydrogen-bond acceptors (Lipinski definition) is 7. The first kappa shape index (κ1) is 24.5. The van der Waals surface area contributed by atoms with Gasteiger partial charge in [0.1, 0.15) is 23.5 Å². The van der Waals surface area contributed by atoms with Gasteiger partial charge in [0.2, 0.25) is 15.9 Å². The Labute approximate surface area is 209 Å². The van der Waals surface area contributed by atoms with Gasteiger partial charge in [0.05, 0.1) is 17.0 Å². The number of halogens is 1. The summed E-state index contributed by atoms with van der Waals surface area (Å²) in [6, 6.07) is 11.7. The SMILES string of the molecule is CC(C)[C@@H]1Nc2nc(nc3ccccc23)CN2CCN(S(=O)(=O)c3ccc(F)cc3)CC2CNC1=O. The number of hydrogen-bond donors (Lipinski definition) is 2. The molecule has 1 unspecified atom stereocenters. The number of rotatable bonds is 3. The minimum absolute atomic E-state index is 0.0132. The number of anilines is 1. The number of fused-ring (bicyclic) bond motifs is 5. The predicted molar refractivity (Wildman–Crippen MR) is 134 cm³/mol. The van der Waals surface area contributed by atoms with Crippen molar-refractivity contribution < 1.29 is 17.6 Å². The Morgan fingerprint density at radius 3 is 2.56 bits per heavy atom. The molecule has 1 saturated heterocycles. The molecule has 2 N–H and O–H groups in total. The Bertz CT molecular complexity index is 1380. The number of benzene rings is 2. The van der Waals surface area contributed by atoms with E-state index in [2.05, 4.69) is 15.5 Å². The molecule has 1 amide bonds. The number of sulfonamides is 1. The summed E-state index contributed by atoms with van der Waals surface area (Å²) < 4.78 is 41.3. The van der Waals surface area contributed by atoms with Gasteiger partial charge in [0.15, 0.2) is 0 Å². The molecule has 1 fully saturated rings. The van der Waals surface area contributed by atoms with Crippen molar-refractivity contribution in [3.8, 4) is 0 Å². The summed E-state index contributed by atoms with van der Waals surface area (Å²) in [4.78, 5) is 24.9. The molecule has 9 nitrogen and oxygen atoms in total. The molecule has 36 heavy (non-hydrogen) atoms. The standard InChI is InChI=1S/C25H29FN6O3S/c1-16(2)23-25(33)27-13-18-14-32(36(34,35)19-9-7-17(26)8-10-19)12-11-31(18)15-22-28-21-6-4-3-5-20(21)24(29-22)30-23/h3-10,16,18,23H,11-15H2,1-2H3,(H,27,33)(H,28,29,30)/t18?,23-/m0/s1. The summed E-state index contributed by atoms with van der Waals surface area (Å²) in [6.07, 6.45) is 0. The zero-order chi connectivity index (χ0) is 25.4. The molecule has 0 spiro atoms. The van der Waals surface area contributed by atoms with Gasteiger partial charge in [0.25, 0.3) is 0 Å². The monoisotopic (exact) mass is 512 g/mol. The largest absolute Gasteiger partial charge is 0.358 e. The highest BCUT2D eigenvalue weighted by Gasteiger charge is 2.36. The third-order valence-electron chi connectivity index (χ3n) is 6.77. The van der Waals surface area contributed by atoms with Crippen LogP contribution in [-0.2, 0) is 21.4 Å². The Morgan fingerprint density at radius 1 is 1.06 bits per heavy atom. The second-order valence-electron chi connectivity index (χ2n) is 9.56. The first-order chi connectivity index (χ1) is 17.2. The van der Waals surface area contributed by atoms with Crippen LogP contribution in [0.1, 0.15) is 19.7 Å². The van der Waals surface area contributed by atoms with Crippen molar-refractivity contribution in [2.45, 2.75) is 37.4 Å². The van der Waals surface area contributed by atoms with Crippen molar-refractivity contribution in [1.29, 1.82) is 0 Å². The molecule has 2 atom stereocenters. The maximum absolute atomic E-state index is 13.4. The molecule has 2 aliphatic rings. The topological polar surface area (TPSA) is 108 Å². The van der Waals surface area contributed by atoms with E-state index >= 15 is 0 Å². The van der Waals surface area contributed by atoms with Gasteiger partial charge < -0.3 is 10.6 Å². The lowest BCUT2D eigenvalue weighted by molar-refractivity contribution is -0.123. The maximum atomic E-state index is 13.4. The van der Waals surface area contributed by atoms with E-state index < -0.39 is 21.9 Å². The van der Waals surface area contributed by atoms with Crippen molar-refractivity contribution in [2.75, 3.05) is 31.5 Å². The van der Waals surface area contributed by atoms with Crippen LogP contribution in [-0.4, -0.2) is 71.8 Å². The second-order valence-corrected chi connectivity index (χ2v) is 11.5. The molecule has 2 aromatic carbocycles. The van der Waals surface area contributed by atoms with Crippen LogP contribution in [0.25, 0.3) is 10.9 Å². The van der Waals surface area contributed by atoms with Gasteiger partial charge in [-0.1, -0.05) is 26.0 Å². The average Bonchev–Trinajstić information content (AvgIpc) is 2.87. The molecule has 11 heteroatoms. The van der Waals surface area contributed by atoms with Crippen molar-refractivity contribution in [3.63, 3.8) is 0 Å².